The molecule has 1 aliphatic heterocycles. The van der Waals surface area contributed by atoms with Crippen molar-refractivity contribution in [3.05, 3.63) is 0 Å². The van der Waals surface area contributed by atoms with Gasteiger partial charge >= 0.3 is 0 Å². The summed E-state index contributed by atoms with van der Waals surface area (Å²) >= 11 is 0. The van der Waals surface area contributed by atoms with E-state index in [9.17, 15) is 4.79 Å². The minimum atomic E-state index is 0.0500. The smallest absolute Gasteiger partial charge is 0.222 e. The molecule has 1 rings (SSSR count). The molecule has 0 unspecified atom stereocenters. The third-order valence-corrected chi connectivity index (χ3v) is 2.23. The van der Waals surface area contributed by atoms with Crippen LogP contribution in [-0.2, 0) is 14.3 Å². The second kappa shape index (κ2) is 6.79. The lowest BCUT2D eigenvalue weighted by molar-refractivity contribution is -0.122. The molecule has 1 N–H and O–H groups in total. The molecule has 0 aromatic rings. The molecule has 0 aromatic carbocycles. The lowest BCUT2D eigenvalue weighted by Gasteiger charge is -2.10. The van der Waals surface area contributed by atoms with Crippen molar-refractivity contribution in [2.24, 2.45) is 0 Å². The molecule has 1 aliphatic rings. The van der Waals surface area contributed by atoms with E-state index in [4.69, 9.17) is 9.47 Å². The van der Waals surface area contributed by atoms with Gasteiger partial charge in [-0.3, -0.25) is 4.79 Å². The zero-order chi connectivity index (χ0) is 10.2. The predicted molar refractivity (Wildman–Crippen MR) is 53.1 cm³/mol. The summed E-state index contributed by atoms with van der Waals surface area (Å²) in [6.45, 7) is 4.57. The van der Waals surface area contributed by atoms with Crippen LogP contribution in [0, 0.1) is 0 Å². The number of rotatable bonds is 6. The number of carbonyl (C=O) groups excluding carboxylic acids is 1. The average molecular weight is 201 g/mol. The van der Waals surface area contributed by atoms with Crippen molar-refractivity contribution in [1.29, 1.82) is 0 Å². The third kappa shape index (κ3) is 4.58. The van der Waals surface area contributed by atoms with E-state index >= 15 is 0 Å². The third-order valence-electron chi connectivity index (χ3n) is 2.23. The molecule has 1 atom stereocenters. The van der Waals surface area contributed by atoms with Crippen molar-refractivity contribution in [2.75, 3.05) is 26.4 Å². The molecule has 1 fully saturated rings. The molecule has 0 bridgehead atoms. The van der Waals surface area contributed by atoms with Crippen LogP contribution in [0.3, 0.4) is 0 Å². The van der Waals surface area contributed by atoms with Gasteiger partial charge in [-0.05, 0) is 19.8 Å². The summed E-state index contributed by atoms with van der Waals surface area (Å²) in [5.41, 5.74) is 0. The molecule has 1 heterocycles. The fourth-order valence-electron chi connectivity index (χ4n) is 1.43. The molecule has 1 amide bonds. The molecular formula is C10H19NO3. The molecule has 0 spiro atoms. The highest BCUT2D eigenvalue weighted by atomic mass is 16.5. The Morgan fingerprint density at radius 1 is 1.64 bits per heavy atom. The topological polar surface area (TPSA) is 47.6 Å². The van der Waals surface area contributed by atoms with Gasteiger partial charge in [0, 0.05) is 26.2 Å². The van der Waals surface area contributed by atoms with Crippen molar-refractivity contribution in [3.8, 4) is 0 Å². The Balaban J connectivity index is 1.96. The first-order chi connectivity index (χ1) is 6.83. The van der Waals surface area contributed by atoms with E-state index in [1.807, 2.05) is 6.92 Å². The molecule has 0 saturated carbocycles. The molecule has 0 radical (unpaired) electrons. The number of amides is 1. The SMILES string of the molecule is CCOCCC(=O)NC[C@@H]1CCCO1. The molecule has 14 heavy (non-hydrogen) atoms. The van der Waals surface area contributed by atoms with E-state index in [-0.39, 0.29) is 12.0 Å². The lowest BCUT2D eigenvalue weighted by Crippen LogP contribution is -2.32. The van der Waals surface area contributed by atoms with Crippen LogP contribution >= 0.6 is 0 Å². The zero-order valence-corrected chi connectivity index (χ0v) is 8.75. The normalized spacial score (nSPS) is 21.1. The summed E-state index contributed by atoms with van der Waals surface area (Å²) in [5, 5.41) is 2.84. The Bertz CT molecular complexity index is 167. The van der Waals surface area contributed by atoms with Gasteiger partial charge in [0.15, 0.2) is 0 Å². The summed E-state index contributed by atoms with van der Waals surface area (Å²) in [4.78, 5) is 11.2. The van der Waals surface area contributed by atoms with Crippen LogP contribution < -0.4 is 5.32 Å². The Morgan fingerprint density at radius 2 is 2.50 bits per heavy atom. The minimum Gasteiger partial charge on any atom is -0.381 e. The van der Waals surface area contributed by atoms with Gasteiger partial charge in [0.2, 0.25) is 5.91 Å². The summed E-state index contributed by atoms with van der Waals surface area (Å²) in [5.74, 6) is 0.0500. The van der Waals surface area contributed by atoms with E-state index in [0.29, 0.717) is 26.2 Å². The molecule has 1 saturated heterocycles. The fourth-order valence-corrected chi connectivity index (χ4v) is 1.43. The van der Waals surface area contributed by atoms with E-state index in [1.54, 1.807) is 0 Å². The van der Waals surface area contributed by atoms with Crippen LogP contribution in [0.1, 0.15) is 26.2 Å². The minimum absolute atomic E-state index is 0.0500. The standard InChI is InChI=1S/C10H19NO3/c1-2-13-7-5-10(12)11-8-9-4-3-6-14-9/h9H,2-8H2,1H3,(H,11,12)/t9-/m0/s1. The number of ether oxygens (including phenoxy) is 2. The van der Waals surface area contributed by atoms with Gasteiger partial charge in [0.25, 0.3) is 0 Å². The van der Waals surface area contributed by atoms with Crippen LogP contribution in [0.5, 0.6) is 0 Å². The Hall–Kier alpha value is -0.610. The number of carbonyl (C=O) groups is 1. The molecular weight excluding hydrogens is 182 g/mol. The number of hydrogen-bond donors (Lipinski definition) is 1. The first-order valence-corrected chi connectivity index (χ1v) is 5.29. The Labute approximate surface area is 85.0 Å². The fraction of sp³-hybridized carbons (Fsp3) is 0.900. The summed E-state index contributed by atoms with van der Waals surface area (Å²) < 4.78 is 10.5. The summed E-state index contributed by atoms with van der Waals surface area (Å²) in [6, 6.07) is 0. The van der Waals surface area contributed by atoms with Gasteiger partial charge in [-0.25, -0.2) is 0 Å². The highest BCUT2D eigenvalue weighted by Gasteiger charge is 2.15. The highest BCUT2D eigenvalue weighted by Crippen LogP contribution is 2.10. The highest BCUT2D eigenvalue weighted by molar-refractivity contribution is 5.75. The largest absolute Gasteiger partial charge is 0.381 e. The molecule has 4 heteroatoms. The Kier molecular flexibility index (Phi) is 5.56. The van der Waals surface area contributed by atoms with Crippen LogP contribution in [0.4, 0.5) is 0 Å². The van der Waals surface area contributed by atoms with Crippen LogP contribution in [-0.4, -0.2) is 38.4 Å². The molecule has 0 aliphatic carbocycles. The van der Waals surface area contributed by atoms with Gasteiger partial charge in [-0.2, -0.15) is 0 Å². The summed E-state index contributed by atoms with van der Waals surface area (Å²) in [6.07, 6.45) is 2.84. The van der Waals surface area contributed by atoms with E-state index in [1.165, 1.54) is 0 Å². The maximum Gasteiger partial charge on any atom is 0.222 e. The lowest BCUT2D eigenvalue weighted by atomic mass is 10.2. The van der Waals surface area contributed by atoms with Crippen molar-refractivity contribution >= 4 is 5.91 Å². The monoisotopic (exact) mass is 201 g/mol. The zero-order valence-electron chi connectivity index (χ0n) is 8.75. The summed E-state index contributed by atoms with van der Waals surface area (Å²) in [7, 11) is 0. The molecule has 4 nitrogen and oxygen atoms in total. The van der Waals surface area contributed by atoms with Gasteiger partial charge in [0.05, 0.1) is 12.7 Å². The first kappa shape index (κ1) is 11.5. The maximum absolute atomic E-state index is 11.2. The van der Waals surface area contributed by atoms with Gasteiger partial charge in [0.1, 0.15) is 0 Å². The first-order valence-electron chi connectivity index (χ1n) is 5.29. The van der Waals surface area contributed by atoms with Gasteiger partial charge in [-0.1, -0.05) is 0 Å². The quantitative estimate of drug-likeness (QED) is 0.644. The molecule has 0 aromatic heterocycles. The van der Waals surface area contributed by atoms with Crippen molar-refractivity contribution in [1.82, 2.24) is 5.32 Å². The predicted octanol–water partition coefficient (Wildman–Crippen LogP) is 0.708. The second-order valence-corrected chi connectivity index (χ2v) is 3.39. The second-order valence-electron chi connectivity index (χ2n) is 3.39. The average Bonchev–Trinajstić information content (AvgIpc) is 2.68. The van der Waals surface area contributed by atoms with Crippen molar-refractivity contribution < 1.29 is 14.3 Å². The van der Waals surface area contributed by atoms with E-state index < -0.39 is 0 Å². The van der Waals surface area contributed by atoms with Gasteiger partial charge in [-0.15, -0.1) is 0 Å². The van der Waals surface area contributed by atoms with Gasteiger partial charge < -0.3 is 14.8 Å². The number of hydrogen-bond acceptors (Lipinski definition) is 3. The van der Waals surface area contributed by atoms with E-state index in [0.717, 1.165) is 19.4 Å². The van der Waals surface area contributed by atoms with Crippen molar-refractivity contribution in [2.45, 2.75) is 32.3 Å². The Morgan fingerprint density at radius 3 is 3.14 bits per heavy atom. The van der Waals surface area contributed by atoms with E-state index in [2.05, 4.69) is 5.32 Å². The van der Waals surface area contributed by atoms with Crippen LogP contribution in [0.15, 0.2) is 0 Å². The van der Waals surface area contributed by atoms with Crippen LogP contribution in [0.2, 0.25) is 0 Å². The molecule has 82 valence electrons. The number of nitrogens with one attached hydrogen (secondary N) is 1. The van der Waals surface area contributed by atoms with Crippen molar-refractivity contribution in [3.63, 3.8) is 0 Å². The maximum atomic E-state index is 11.2. The van der Waals surface area contributed by atoms with Crippen LogP contribution in [0.25, 0.3) is 0 Å².